The van der Waals surface area contributed by atoms with Crippen molar-refractivity contribution < 1.29 is 26.3 Å². The van der Waals surface area contributed by atoms with E-state index in [1.165, 1.54) is 0 Å². The molecule has 0 saturated heterocycles. The van der Waals surface area contributed by atoms with Crippen molar-refractivity contribution in [2.75, 3.05) is 0 Å². The summed E-state index contributed by atoms with van der Waals surface area (Å²) in [4.78, 5) is 0. The summed E-state index contributed by atoms with van der Waals surface area (Å²) in [7, 11) is 0. The van der Waals surface area contributed by atoms with Crippen LogP contribution in [0.5, 0.6) is 0 Å². The van der Waals surface area contributed by atoms with E-state index < -0.39 is 45.8 Å². The van der Waals surface area contributed by atoms with Gasteiger partial charge < -0.3 is 0 Å². The van der Waals surface area contributed by atoms with Crippen molar-refractivity contribution in [2.24, 2.45) is 0 Å². The molecule has 0 heterocycles. The van der Waals surface area contributed by atoms with E-state index in [0.717, 1.165) is 18.2 Å². The van der Waals surface area contributed by atoms with Crippen LogP contribution in [0.15, 0.2) is 22.7 Å². The summed E-state index contributed by atoms with van der Waals surface area (Å²) in [5.41, 5.74) is -1.22. The number of alkyl halides is 1. The Labute approximate surface area is 128 Å². The molecule has 112 valence electrons. The van der Waals surface area contributed by atoms with Crippen molar-refractivity contribution in [3.05, 3.63) is 68.7 Å². The van der Waals surface area contributed by atoms with Crippen LogP contribution in [0.2, 0.25) is 0 Å². The molecular formula is C13H4BrClF6. The monoisotopic (exact) mass is 388 g/mol. The van der Waals surface area contributed by atoms with Gasteiger partial charge in [0, 0.05) is 0 Å². The van der Waals surface area contributed by atoms with E-state index in [2.05, 4.69) is 15.9 Å². The molecule has 1 unspecified atom stereocenters. The fraction of sp³-hybridized carbons (Fsp3) is 0.0769. The van der Waals surface area contributed by atoms with Crippen LogP contribution >= 0.6 is 27.5 Å². The Hall–Kier alpha value is -1.21. The van der Waals surface area contributed by atoms with Gasteiger partial charge in [-0.2, -0.15) is 0 Å². The molecule has 0 aliphatic rings. The minimum atomic E-state index is -2.27. The average molecular weight is 390 g/mol. The molecular weight excluding hydrogens is 385 g/mol. The van der Waals surface area contributed by atoms with Crippen molar-refractivity contribution in [2.45, 2.75) is 5.38 Å². The van der Waals surface area contributed by atoms with Crippen LogP contribution in [-0.4, -0.2) is 0 Å². The zero-order valence-electron chi connectivity index (χ0n) is 9.83. The second-order valence-corrected chi connectivity index (χ2v) is 5.31. The fourth-order valence-corrected chi connectivity index (χ4v) is 2.40. The Morgan fingerprint density at radius 1 is 0.810 bits per heavy atom. The molecule has 0 fully saturated rings. The molecule has 0 aliphatic carbocycles. The van der Waals surface area contributed by atoms with Crippen LogP contribution in [0, 0.1) is 34.9 Å². The van der Waals surface area contributed by atoms with Gasteiger partial charge in [-0.15, -0.1) is 11.6 Å². The van der Waals surface area contributed by atoms with Gasteiger partial charge in [-0.1, -0.05) is 6.07 Å². The predicted molar refractivity (Wildman–Crippen MR) is 68.0 cm³/mol. The Morgan fingerprint density at radius 2 is 1.29 bits per heavy atom. The molecule has 2 aromatic carbocycles. The van der Waals surface area contributed by atoms with Crippen molar-refractivity contribution in [1.82, 2.24) is 0 Å². The number of benzene rings is 2. The molecule has 0 nitrogen and oxygen atoms in total. The van der Waals surface area contributed by atoms with Gasteiger partial charge in [0.2, 0.25) is 5.82 Å². The molecule has 8 heteroatoms. The molecule has 0 N–H and O–H groups in total. The minimum Gasteiger partial charge on any atom is -0.206 e. The second kappa shape index (κ2) is 5.88. The first-order chi connectivity index (χ1) is 9.75. The Morgan fingerprint density at radius 3 is 1.76 bits per heavy atom. The van der Waals surface area contributed by atoms with Crippen molar-refractivity contribution >= 4 is 27.5 Å². The standard InChI is InChI=1S/C13H4BrClF6/c14-5-3-4(1-2-6(5)16)8(15)7-9(17)11(19)13(21)12(20)10(7)18/h1-3,8H. The molecule has 0 aromatic heterocycles. The molecule has 0 spiro atoms. The molecule has 0 radical (unpaired) electrons. The van der Waals surface area contributed by atoms with Crippen molar-refractivity contribution in [3.63, 3.8) is 0 Å². The summed E-state index contributed by atoms with van der Waals surface area (Å²) < 4.78 is 79.5. The quantitative estimate of drug-likeness (QED) is 0.271. The molecule has 0 amide bonds. The number of hydrogen-bond acceptors (Lipinski definition) is 0. The minimum absolute atomic E-state index is 0.0341. The van der Waals surface area contributed by atoms with Gasteiger partial charge in [0.05, 0.1) is 15.4 Å². The van der Waals surface area contributed by atoms with E-state index in [4.69, 9.17) is 11.6 Å². The van der Waals surface area contributed by atoms with E-state index in [0.29, 0.717) is 0 Å². The third kappa shape index (κ3) is 2.76. The zero-order valence-corrected chi connectivity index (χ0v) is 12.2. The van der Waals surface area contributed by atoms with E-state index >= 15 is 0 Å². The highest BCUT2D eigenvalue weighted by Crippen LogP contribution is 2.36. The van der Waals surface area contributed by atoms with Gasteiger partial charge in [0.15, 0.2) is 23.3 Å². The average Bonchev–Trinajstić information content (AvgIpc) is 2.46. The van der Waals surface area contributed by atoms with Crippen LogP contribution in [0.25, 0.3) is 0 Å². The fourth-order valence-electron chi connectivity index (χ4n) is 1.68. The predicted octanol–water partition coefficient (Wildman–Crippen LogP) is 5.61. The zero-order chi connectivity index (χ0) is 15.9. The van der Waals surface area contributed by atoms with Crippen LogP contribution in [0.1, 0.15) is 16.5 Å². The third-order valence-corrected chi connectivity index (χ3v) is 3.81. The maximum atomic E-state index is 13.6. The largest absolute Gasteiger partial charge is 0.206 e. The molecule has 2 rings (SSSR count). The molecule has 1 atom stereocenters. The summed E-state index contributed by atoms with van der Waals surface area (Å²) in [6.07, 6.45) is 0. The summed E-state index contributed by atoms with van der Waals surface area (Å²) in [5.74, 6) is -11.1. The van der Waals surface area contributed by atoms with Gasteiger partial charge in [-0.05, 0) is 33.6 Å². The van der Waals surface area contributed by atoms with Crippen molar-refractivity contribution in [1.29, 1.82) is 0 Å². The molecule has 0 aliphatic heterocycles. The first-order valence-corrected chi connectivity index (χ1v) is 6.59. The summed E-state index contributed by atoms with van der Waals surface area (Å²) >= 11 is 8.62. The topological polar surface area (TPSA) is 0 Å². The SMILES string of the molecule is Fc1ccc(C(Cl)c2c(F)c(F)c(F)c(F)c2F)cc1Br. The lowest BCUT2D eigenvalue weighted by Gasteiger charge is -2.14. The van der Waals surface area contributed by atoms with E-state index in [1.54, 1.807) is 0 Å². The number of rotatable bonds is 2. The molecule has 0 saturated carbocycles. The van der Waals surface area contributed by atoms with E-state index in [9.17, 15) is 26.3 Å². The summed E-state index contributed by atoms with van der Waals surface area (Å²) in [6.45, 7) is 0. The highest BCUT2D eigenvalue weighted by atomic mass is 79.9. The molecule has 0 bridgehead atoms. The number of halogens is 8. The van der Waals surface area contributed by atoms with Gasteiger partial charge in [-0.3, -0.25) is 0 Å². The van der Waals surface area contributed by atoms with E-state index in [1.807, 2.05) is 0 Å². The highest BCUT2D eigenvalue weighted by Gasteiger charge is 2.30. The molecule has 21 heavy (non-hydrogen) atoms. The normalized spacial score (nSPS) is 12.6. The van der Waals surface area contributed by atoms with Crippen LogP contribution in [0.3, 0.4) is 0 Å². The molecule has 2 aromatic rings. The lowest BCUT2D eigenvalue weighted by molar-refractivity contribution is 0.370. The van der Waals surface area contributed by atoms with Gasteiger partial charge in [0.1, 0.15) is 5.82 Å². The lowest BCUT2D eigenvalue weighted by atomic mass is 10.0. The smallest absolute Gasteiger partial charge is 0.200 e. The maximum absolute atomic E-state index is 13.6. The third-order valence-electron chi connectivity index (χ3n) is 2.73. The first-order valence-electron chi connectivity index (χ1n) is 5.36. The van der Waals surface area contributed by atoms with Crippen LogP contribution in [0.4, 0.5) is 26.3 Å². The first kappa shape index (κ1) is 16.2. The second-order valence-electron chi connectivity index (χ2n) is 4.02. The highest BCUT2D eigenvalue weighted by molar-refractivity contribution is 9.10. The van der Waals surface area contributed by atoms with Gasteiger partial charge in [-0.25, -0.2) is 26.3 Å². The maximum Gasteiger partial charge on any atom is 0.200 e. The Bertz CT molecular complexity index is 689. The van der Waals surface area contributed by atoms with Crippen LogP contribution in [-0.2, 0) is 0 Å². The van der Waals surface area contributed by atoms with E-state index in [-0.39, 0.29) is 10.0 Å². The van der Waals surface area contributed by atoms with Crippen molar-refractivity contribution in [3.8, 4) is 0 Å². The lowest BCUT2D eigenvalue weighted by Crippen LogP contribution is -2.09. The van der Waals surface area contributed by atoms with Gasteiger partial charge in [0.25, 0.3) is 0 Å². The Kier molecular flexibility index (Phi) is 4.53. The Balaban J connectivity index is 2.63. The van der Waals surface area contributed by atoms with Gasteiger partial charge >= 0.3 is 0 Å². The van der Waals surface area contributed by atoms with Crippen LogP contribution < -0.4 is 0 Å². The number of hydrogen-bond donors (Lipinski definition) is 0. The summed E-state index contributed by atoms with van der Waals surface area (Å²) in [6, 6.07) is 3.11. The summed E-state index contributed by atoms with van der Waals surface area (Å²) in [5, 5.41) is -1.67.